The van der Waals surface area contributed by atoms with Gasteiger partial charge in [0.05, 0.1) is 10.5 Å². The highest BCUT2D eigenvalue weighted by Crippen LogP contribution is 2.41. The molecule has 2 bridgehead atoms. The quantitative estimate of drug-likeness (QED) is 0.551. The first kappa shape index (κ1) is 13.8. The molecule has 2 saturated heterocycles. The number of Topliss-reactive ketones (excluding diaryl/α,β-unsaturated/α-hetero) is 1. The van der Waals surface area contributed by atoms with Crippen LogP contribution in [0.15, 0.2) is 12.7 Å². The molecule has 18 heavy (non-hydrogen) atoms. The van der Waals surface area contributed by atoms with Crippen LogP contribution >= 0.6 is 0 Å². The van der Waals surface area contributed by atoms with Gasteiger partial charge in [-0.25, -0.2) is 8.42 Å². The van der Waals surface area contributed by atoms with Gasteiger partial charge in [0.2, 0.25) is 0 Å². The van der Waals surface area contributed by atoms with E-state index in [2.05, 4.69) is 6.58 Å². The number of hydrogen-bond acceptors (Lipinski definition) is 3. The normalized spacial score (nSPS) is 33.2. The Labute approximate surface area is 110 Å². The van der Waals surface area contributed by atoms with Crippen molar-refractivity contribution in [2.75, 3.05) is 0 Å². The predicted molar refractivity (Wildman–Crippen MR) is 72.1 cm³/mol. The van der Waals surface area contributed by atoms with E-state index in [0.29, 0.717) is 19.3 Å². The molecule has 0 aromatic rings. The fourth-order valence-corrected chi connectivity index (χ4v) is 5.74. The number of allylic oxidation sites excluding steroid dienone is 1. The number of sulfone groups is 1. The lowest BCUT2D eigenvalue weighted by Gasteiger charge is -2.26. The van der Waals surface area contributed by atoms with Crippen LogP contribution in [0, 0.1) is 5.92 Å². The van der Waals surface area contributed by atoms with Crippen molar-refractivity contribution in [2.24, 2.45) is 5.92 Å². The monoisotopic (exact) mass is 270 g/mol. The van der Waals surface area contributed by atoms with E-state index in [9.17, 15) is 13.2 Å². The zero-order chi connectivity index (χ0) is 13.2. The van der Waals surface area contributed by atoms with Crippen LogP contribution in [-0.4, -0.2) is 24.7 Å². The molecule has 0 amide bonds. The molecule has 2 unspecified atom stereocenters. The fourth-order valence-electron chi connectivity index (χ4n) is 3.26. The molecule has 3 nitrogen and oxygen atoms in total. The molecule has 0 spiro atoms. The third-order valence-corrected chi connectivity index (χ3v) is 7.09. The van der Waals surface area contributed by atoms with E-state index in [0.717, 1.165) is 32.1 Å². The molecule has 0 N–H and O–H groups in total. The summed E-state index contributed by atoms with van der Waals surface area (Å²) >= 11 is 0. The molecule has 0 aromatic heterocycles. The molecule has 2 aliphatic rings. The van der Waals surface area contributed by atoms with E-state index >= 15 is 0 Å². The summed E-state index contributed by atoms with van der Waals surface area (Å²) in [6.07, 6.45) is 8.06. The van der Waals surface area contributed by atoms with Crippen LogP contribution in [0.1, 0.15) is 51.4 Å². The molecule has 4 heteroatoms. The highest BCUT2D eigenvalue weighted by Gasteiger charge is 2.48. The molecule has 2 rings (SSSR count). The number of unbranched alkanes of at least 4 members (excludes halogenated alkanes) is 2. The average molecular weight is 270 g/mol. The third kappa shape index (κ3) is 2.68. The number of carbonyl (C=O) groups is 1. The zero-order valence-corrected chi connectivity index (χ0v) is 11.6. The van der Waals surface area contributed by atoms with Gasteiger partial charge in [-0.05, 0) is 44.9 Å². The SMILES string of the molecule is C=CCCCCC(=O)C1CC2CCC(C1)S2(=O)=O. The van der Waals surface area contributed by atoms with E-state index in [4.69, 9.17) is 0 Å². The largest absolute Gasteiger partial charge is 0.299 e. The topological polar surface area (TPSA) is 51.2 Å². The van der Waals surface area contributed by atoms with Crippen molar-refractivity contribution in [3.05, 3.63) is 12.7 Å². The van der Waals surface area contributed by atoms with E-state index in [1.165, 1.54) is 0 Å². The van der Waals surface area contributed by atoms with E-state index < -0.39 is 9.84 Å². The highest BCUT2D eigenvalue weighted by atomic mass is 32.2. The van der Waals surface area contributed by atoms with Crippen molar-refractivity contribution >= 4 is 15.6 Å². The molecule has 102 valence electrons. The average Bonchev–Trinajstić information content (AvgIpc) is 2.56. The Morgan fingerprint density at radius 2 is 1.78 bits per heavy atom. The lowest BCUT2D eigenvalue weighted by Crippen LogP contribution is -2.36. The first-order valence-electron chi connectivity index (χ1n) is 6.92. The summed E-state index contributed by atoms with van der Waals surface area (Å²) in [5.41, 5.74) is 0. The Kier molecular flexibility index (Phi) is 4.25. The summed E-state index contributed by atoms with van der Waals surface area (Å²) in [5.74, 6) is 0.292. The van der Waals surface area contributed by atoms with Gasteiger partial charge >= 0.3 is 0 Å². The standard InChI is InChI=1S/C14H22O3S/c1-2-3-4-5-6-14(15)11-9-12-7-8-13(10-11)18(12,16)17/h2,11-13H,1,3-10H2. The smallest absolute Gasteiger partial charge is 0.156 e. The van der Waals surface area contributed by atoms with Gasteiger partial charge in [-0.1, -0.05) is 6.08 Å². The zero-order valence-electron chi connectivity index (χ0n) is 10.8. The minimum Gasteiger partial charge on any atom is -0.299 e. The van der Waals surface area contributed by atoms with Crippen LogP contribution in [0.3, 0.4) is 0 Å². The minimum atomic E-state index is -2.89. The van der Waals surface area contributed by atoms with Gasteiger partial charge < -0.3 is 0 Å². The van der Waals surface area contributed by atoms with Gasteiger partial charge in [-0.3, -0.25) is 4.79 Å². The minimum absolute atomic E-state index is 0.00903. The van der Waals surface area contributed by atoms with Crippen LogP contribution in [0.25, 0.3) is 0 Å². The maximum absolute atomic E-state index is 12.1. The molecule has 2 heterocycles. The molecule has 0 radical (unpaired) electrons. The number of rotatable bonds is 6. The lowest BCUT2D eigenvalue weighted by molar-refractivity contribution is -0.123. The first-order chi connectivity index (χ1) is 8.55. The van der Waals surface area contributed by atoms with Crippen LogP contribution in [-0.2, 0) is 14.6 Å². The van der Waals surface area contributed by atoms with Crippen LogP contribution in [0.4, 0.5) is 0 Å². The van der Waals surface area contributed by atoms with Gasteiger partial charge in [0.15, 0.2) is 9.84 Å². The molecule has 2 fully saturated rings. The molecular formula is C14H22O3S. The Morgan fingerprint density at radius 1 is 1.17 bits per heavy atom. The summed E-state index contributed by atoms with van der Waals surface area (Å²) < 4.78 is 23.8. The van der Waals surface area contributed by atoms with Gasteiger partial charge in [-0.15, -0.1) is 6.58 Å². The summed E-state index contributed by atoms with van der Waals surface area (Å²) in [5, 5.41) is -0.447. The Bertz CT molecular complexity index is 404. The maximum Gasteiger partial charge on any atom is 0.156 e. The molecule has 2 atom stereocenters. The lowest BCUT2D eigenvalue weighted by atomic mass is 9.91. The van der Waals surface area contributed by atoms with Crippen molar-refractivity contribution in [1.82, 2.24) is 0 Å². The Hall–Kier alpha value is -0.640. The molecular weight excluding hydrogens is 248 g/mol. The summed E-state index contributed by atoms with van der Waals surface area (Å²) in [4.78, 5) is 12.1. The second-order valence-corrected chi connectivity index (χ2v) is 8.09. The van der Waals surface area contributed by atoms with Crippen molar-refractivity contribution < 1.29 is 13.2 Å². The van der Waals surface area contributed by atoms with Gasteiger partial charge in [-0.2, -0.15) is 0 Å². The molecule has 0 aliphatic carbocycles. The van der Waals surface area contributed by atoms with Crippen molar-refractivity contribution in [2.45, 2.75) is 61.9 Å². The molecule has 2 aliphatic heterocycles. The van der Waals surface area contributed by atoms with E-state index in [1.807, 2.05) is 6.08 Å². The second-order valence-electron chi connectivity index (χ2n) is 5.58. The molecule has 0 saturated carbocycles. The van der Waals surface area contributed by atoms with Gasteiger partial charge in [0, 0.05) is 12.3 Å². The van der Waals surface area contributed by atoms with E-state index in [-0.39, 0.29) is 22.2 Å². The van der Waals surface area contributed by atoms with Gasteiger partial charge in [0.25, 0.3) is 0 Å². The van der Waals surface area contributed by atoms with Crippen molar-refractivity contribution in [3.63, 3.8) is 0 Å². The predicted octanol–water partition coefficient (Wildman–Crippen LogP) is 2.66. The Morgan fingerprint density at radius 3 is 2.33 bits per heavy atom. The summed E-state index contributed by atoms with van der Waals surface area (Å²) in [6.45, 7) is 3.66. The number of carbonyl (C=O) groups excluding carboxylic acids is 1. The number of fused-ring (bicyclic) bond motifs is 2. The number of hydrogen-bond donors (Lipinski definition) is 0. The first-order valence-corrected chi connectivity index (χ1v) is 8.53. The highest BCUT2D eigenvalue weighted by molar-refractivity contribution is 7.93. The molecule has 0 aromatic carbocycles. The van der Waals surface area contributed by atoms with Crippen LogP contribution < -0.4 is 0 Å². The number of ketones is 1. The van der Waals surface area contributed by atoms with Crippen LogP contribution in [0.2, 0.25) is 0 Å². The summed E-state index contributed by atoms with van der Waals surface area (Å²) in [6, 6.07) is 0. The summed E-state index contributed by atoms with van der Waals surface area (Å²) in [7, 11) is -2.89. The maximum atomic E-state index is 12.1. The van der Waals surface area contributed by atoms with Crippen molar-refractivity contribution in [1.29, 1.82) is 0 Å². The Balaban J connectivity index is 1.85. The fraction of sp³-hybridized carbons (Fsp3) is 0.786. The van der Waals surface area contributed by atoms with E-state index in [1.54, 1.807) is 0 Å². The van der Waals surface area contributed by atoms with Gasteiger partial charge in [0.1, 0.15) is 5.78 Å². The third-order valence-electron chi connectivity index (χ3n) is 4.37. The van der Waals surface area contributed by atoms with Crippen molar-refractivity contribution in [3.8, 4) is 0 Å². The van der Waals surface area contributed by atoms with Crippen LogP contribution in [0.5, 0.6) is 0 Å². The second kappa shape index (κ2) is 5.55.